The van der Waals surface area contributed by atoms with Crippen molar-refractivity contribution >= 4 is 63.0 Å². The summed E-state index contributed by atoms with van der Waals surface area (Å²) in [4.78, 5) is 0. The van der Waals surface area contributed by atoms with Crippen LogP contribution in [0, 0.1) is 0 Å². The molecule has 1 heteroatoms. The normalized spacial score (nSPS) is 11.7. The third-order valence-corrected chi connectivity index (χ3v) is 11.4. The molecule has 0 heterocycles. The Hall–Kier alpha value is -5.76. The summed E-state index contributed by atoms with van der Waals surface area (Å²) in [5, 5.41) is 13.2. The molecule has 0 aromatic heterocycles. The third kappa shape index (κ3) is 4.84. The van der Waals surface area contributed by atoms with E-state index >= 15 is 0 Å². The Kier molecular flexibility index (Phi) is 6.77. The largest absolute Gasteiger partial charge is 0.0875 e. The molecule has 9 aromatic carbocycles. The fourth-order valence-electron chi connectivity index (χ4n) is 7.53. The summed E-state index contributed by atoms with van der Waals surface area (Å²) in [7, 11) is -0.651. The Morgan fingerprint density at radius 2 is 0.809 bits per heavy atom. The summed E-state index contributed by atoms with van der Waals surface area (Å²) >= 11 is 0. The minimum Gasteiger partial charge on any atom is -0.0633 e. The first-order valence-electron chi connectivity index (χ1n) is 16.4. The molecule has 9 aromatic rings. The molecule has 47 heavy (non-hydrogen) atoms. The molecule has 0 aliphatic rings. The topological polar surface area (TPSA) is 0 Å². The predicted octanol–water partition coefficient (Wildman–Crippen LogP) is 10.4. The van der Waals surface area contributed by atoms with Crippen LogP contribution in [0.25, 0.3) is 76.5 Å². The van der Waals surface area contributed by atoms with E-state index in [2.05, 4.69) is 182 Å². The molecule has 0 N–H and O–H groups in total. The molecule has 0 saturated heterocycles. The highest BCUT2D eigenvalue weighted by Crippen LogP contribution is 2.45. The van der Waals surface area contributed by atoms with Gasteiger partial charge in [-0.05, 0) is 82.5 Å². The van der Waals surface area contributed by atoms with E-state index in [1.165, 1.54) is 86.8 Å². The first kappa shape index (κ1) is 27.5. The molecule has 0 fully saturated rings. The average Bonchev–Trinajstić information content (AvgIpc) is 3.14. The van der Waals surface area contributed by atoms with Crippen molar-refractivity contribution in [3.05, 3.63) is 182 Å². The first-order chi connectivity index (χ1) is 23.3. The number of hydrogen-bond acceptors (Lipinski definition) is 0. The van der Waals surface area contributed by atoms with Gasteiger partial charge in [-0.1, -0.05) is 186 Å². The van der Waals surface area contributed by atoms with Crippen LogP contribution in [0.5, 0.6) is 0 Å². The van der Waals surface area contributed by atoms with Crippen LogP contribution in [-0.4, -0.2) is 9.52 Å². The summed E-state index contributed by atoms with van der Waals surface area (Å²) in [6.45, 7) is 0. The van der Waals surface area contributed by atoms with Gasteiger partial charge >= 0.3 is 0 Å². The minimum atomic E-state index is -0.651. The molecule has 0 bridgehead atoms. The zero-order valence-corrected chi connectivity index (χ0v) is 27.4. The van der Waals surface area contributed by atoms with Crippen molar-refractivity contribution in [1.82, 2.24) is 0 Å². The number of benzene rings is 9. The maximum Gasteiger partial charge on any atom is 0.0875 e. The second-order valence-corrected chi connectivity index (χ2v) is 14.5. The number of rotatable bonds is 5. The highest BCUT2D eigenvalue weighted by atomic mass is 28.2. The van der Waals surface area contributed by atoms with Gasteiger partial charge in [0.25, 0.3) is 0 Å². The first-order valence-corrected chi connectivity index (χ1v) is 17.8. The van der Waals surface area contributed by atoms with Crippen molar-refractivity contribution in [3.63, 3.8) is 0 Å². The van der Waals surface area contributed by atoms with Gasteiger partial charge in [-0.15, -0.1) is 0 Å². The second kappa shape index (κ2) is 11.5. The van der Waals surface area contributed by atoms with Gasteiger partial charge in [0.05, 0.1) is 9.52 Å². The van der Waals surface area contributed by atoms with Crippen LogP contribution in [0.3, 0.4) is 0 Å². The molecule has 0 unspecified atom stereocenters. The van der Waals surface area contributed by atoms with Crippen LogP contribution in [0.4, 0.5) is 0 Å². The van der Waals surface area contributed by atoms with Crippen LogP contribution in [0.1, 0.15) is 0 Å². The van der Waals surface area contributed by atoms with Gasteiger partial charge in [-0.25, -0.2) is 0 Å². The van der Waals surface area contributed by atoms with Crippen molar-refractivity contribution in [1.29, 1.82) is 0 Å². The van der Waals surface area contributed by atoms with Crippen LogP contribution < -0.4 is 10.4 Å². The summed E-state index contributed by atoms with van der Waals surface area (Å²) < 4.78 is 0. The van der Waals surface area contributed by atoms with Crippen LogP contribution >= 0.6 is 0 Å². The van der Waals surface area contributed by atoms with E-state index in [0.29, 0.717) is 0 Å². The molecule has 0 atom stereocenters. The van der Waals surface area contributed by atoms with Crippen LogP contribution in [0.15, 0.2) is 182 Å². The fourth-order valence-corrected chi connectivity index (χ4v) is 9.05. The summed E-state index contributed by atoms with van der Waals surface area (Å²) in [5.41, 5.74) is 7.67. The van der Waals surface area contributed by atoms with Gasteiger partial charge in [-0.2, -0.15) is 0 Å². The minimum absolute atomic E-state index is 0.651. The Labute approximate surface area is 277 Å². The Morgan fingerprint density at radius 3 is 1.55 bits per heavy atom. The Bertz CT molecular complexity index is 2590. The number of fused-ring (bicyclic) bond motifs is 4. The second-order valence-electron chi connectivity index (χ2n) is 12.5. The predicted molar refractivity (Wildman–Crippen MR) is 207 cm³/mol. The molecule has 9 rings (SSSR count). The highest BCUT2D eigenvalue weighted by Gasteiger charge is 2.19. The highest BCUT2D eigenvalue weighted by molar-refractivity contribution is 6.67. The molecule has 0 aliphatic carbocycles. The summed E-state index contributed by atoms with van der Waals surface area (Å²) in [6.07, 6.45) is 0. The lowest BCUT2D eigenvalue weighted by molar-refractivity contribution is 1.63. The SMILES string of the molecule is c1ccc([SiH2]c2ccc3c(-c4cccc5ccccc45)c4ccccc4c(-c4cccc(-c5cccc6ccccc56)c4)c3c2)cc1. The molecule has 0 saturated carbocycles. The van der Waals surface area contributed by atoms with Crippen LogP contribution in [-0.2, 0) is 0 Å². The van der Waals surface area contributed by atoms with Gasteiger partial charge in [0.1, 0.15) is 0 Å². The number of hydrogen-bond donors (Lipinski definition) is 0. The molecule has 0 amide bonds. The van der Waals surface area contributed by atoms with E-state index in [-0.39, 0.29) is 0 Å². The van der Waals surface area contributed by atoms with Crippen molar-refractivity contribution < 1.29 is 0 Å². The maximum absolute atomic E-state index is 2.51. The molecule has 0 nitrogen and oxygen atoms in total. The van der Waals surface area contributed by atoms with Gasteiger partial charge in [0.2, 0.25) is 0 Å². The summed E-state index contributed by atoms with van der Waals surface area (Å²) in [5.74, 6) is 0. The lowest BCUT2D eigenvalue weighted by Gasteiger charge is -2.20. The van der Waals surface area contributed by atoms with Crippen molar-refractivity contribution in [2.24, 2.45) is 0 Å². The Morgan fingerprint density at radius 1 is 0.277 bits per heavy atom. The zero-order chi connectivity index (χ0) is 31.2. The van der Waals surface area contributed by atoms with Crippen molar-refractivity contribution in [2.45, 2.75) is 0 Å². The van der Waals surface area contributed by atoms with Crippen molar-refractivity contribution in [3.8, 4) is 33.4 Å². The standard InChI is InChI=1S/C46H32Si/c1-2-19-35(20-3-1)47-36-27-28-43-44(30-36)45(34-18-10-17-33(29-34)39-25-11-15-31-13-4-6-21-37(31)39)41-23-8-9-24-42(41)46(43)40-26-12-16-32-14-5-7-22-38(32)40/h1-30H,47H2. The molecule has 0 aliphatic heterocycles. The van der Waals surface area contributed by atoms with Gasteiger partial charge < -0.3 is 0 Å². The van der Waals surface area contributed by atoms with E-state index < -0.39 is 9.52 Å². The average molecular weight is 613 g/mol. The lowest BCUT2D eigenvalue weighted by atomic mass is 9.84. The molecule has 220 valence electrons. The van der Waals surface area contributed by atoms with E-state index in [4.69, 9.17) is 0 Å². The zero-order valence-electron chi connectivity index (χ0n) is 26.0. The van der Waals surface area contributed by atoms with E-state index in [1.807, 2.05) is 0 Å². The van der Waals surface area contributed by atoms with Gasteiger partial charge in [-0.3, -0.25) is 0 Å². The van der Waals surface area contributed by atoms with Gasteiger partial charge in [0, 0.05) is 0 Å². The molecule has 0 radical (unpaired) electrons. The summed E-state index contributed by atoms with van der Waals surface area (Å²) in [6, 6.07) is 67.4. The molecule has 0 spiro atoms. The van der Waals surface area contributed by atoms with Crippen LogP contribution in [0.2, 0.25) is 0 Å². The molecular weight excluding hydrogens is 581 g/mol. The van der Waals surface area contributed by atoms with E-state index in [0.717, 1.165) is 0 Å². The lowest BCUT2D eigenvalue weighted by Crippen LogP contribution is -2.26. The third-order valence-electron chi connectivity index (χ3n) is 9.65. The van der Waals surface area contributed by atoms with Gasteiger partial charge in [0.15, 0.2) is 0 Å². The van der Waals surface area contributed by atoms with E-state index in [9.17, 15) is 0 Å². The maximum atomic E-state index is 2.51. The smallest absolute Gasteiger partial charge is 0.0633 e. The van der Waals surface area contributed by atoms with E-state index in [1.54, 1.807) is 0 Å². The Balaban J connectivity index is 1.36. The fraction of sp³-hybridized carbons (Fsp3) is 0. The molecular formula is C46H32Si. The monoisotopic (exact) mass is 612 g/mol. The quantitative estimate of drug-likeness (QED) is 0.134. The van der Waals surface area contributed by atoms with Crippen molar-refractivity contribution in [2.75, 3.05) is 0 Å².